The van der Waals surface area contributed by atoms with Crippen LogP contribution in [0.15, 0.2) is 5.38 Å². The lowest BCUT2D eigenvalue weighted by atomic mass is 9.95. The molecule has 1 rings (SSSR count). The number of rotatable bonds is 6. The van der Waals surface area contributed by atoms with Gasteiger partial charge in [0, 0.05) is 18.0 Å². The van der Waals surface area contributed by atoms with Crippen molar-refractivity contribution in [1.29, 1.82) is 0 Å². The van der Waals surface area contributed by atoms with Crippen LogP contribution in [0, 0.1) is 5.92 Å². The van der Waals surface area contributed by atoms with Crippen LogP contribution in [0.4, 0.5) is 0 Å². The standard InChI is InChI=1S/C12H21N3OS/c1-4-9(5-2)8(3)14-12(16)10-7-17-11(6-13)15-10/h7-9H,4-6,13H2,1-3H3,(H,14,16). The lowest BCUT2D eigenvalue weighted by molar-refractivity contribution is 0.0920. The second kappa shape index (κ2) is 6.71. The zero-order valence-electron chi connectivity index (χ0n) is 10.7. The predicted octanol–water partition coefficient (Wildman–Crippen LogP) is 2.16. The fraction of sp³-hybridized carbons (Fsp3) is 0.667. The highest BCUT2D eigenvalue weighted by molar-refractivity contribution is 7.09. The van der Waals surface area contributed by atoms with Crippen LogP contribution in [-0.4, -0.2) is 16.9 Å². The summed E-state index contributed by atoms with van der Waals surface area (Å²) in [4.78, 5) is 16.1. The van der Waals surface area contributed by atoms with Gasteiger partial charge in [0.2, 0.25) is 0 Å². The van der Waals surface area contributed by atoms with Crippen molar-refractivity contribution < 1.29 is 4.79 Å². The zero-order chi connectivity index (χ0) is 12.8. The quantitative estimate of drug-likeness (QED) is 0.818. The van der Waals surface area contributed by atoms with Crippen molar-refractivity contribution in [3.63, 3.8) is 0 Å². The number of nitrogens with two attached hydrogens (primary N) is 1. The number of amides is 1. The van der Waals surface area contributed by atoms with Crippen LogP contribution < -0.4 is 11.1 Å². The largest absolute Gasteiger partial charge is 0.348 e. The average Bonchev–Trinajstić information content (AvgIpc) is 2.79. The first-order valence-electron chi connectivity index (χ1n) is 6.07. The fourth-order valence-corrected chi connectivity index (χ4v) is 2.56. The van der Waals surface area contributed by atoms with E-state index in [0.29, 0.717) is 18.2 Å². The number of carbonyl (C=O) groups is 1. The molecule has 0 fully saturated rings. The molecule has 1 heterocycles. The van der Waals surface area contributed by atoms with Crippen molar-refractivity contribution >= 4 is 17.2 Å². The molecule has 5 heteroatoms. The first-order chi connectivity index (χ1) is 8.12. The molecule has 0 spiro atoms. The third kappa shape index (κ3) is 3.78. The minimum Gasteiger partial charge on any atom is -0.348 e. The van der Waals surface area contributed by atoms with E-state index < -0.39 is 0 Å². The molecular formula is C12H21N3OS. The van der Waals surface area contributed by atoms with Gasteiger partial charge in [0.1, 0.15) is 10.7 Å². The van der Waals surface area contributed by atoms with Crippen LogP contribution in [-0.2, 0) is 6.54 Å². The van der Waals surface area contributed by atoms with Crippen molar-refractivity contribution in [2.24, 2.45) is 11.7 Å². The highest BCUT2D eigenvalue weighted by atomic mass is 32.1. The Morgan fingerprint density at radius 2 is 2.18 bits per heavy atom. The van der Waals surface area contributed by atoms with Gasteiger partial charge in [-0.3, -0.25) is 4.79 Å². The first-order valence-corrected chi connectivity index (χ1v) is 6.95. The van der Waals surface area contributed by atoms with Gasteiger partial charge in [0.25, 0.3) is 5.91 Å². The normalized spacial score (nSPS) is 12.8. The van der Waals surface area contributed by atoms with E-state index in [0.717, 1.165) is 17.8 Å². The highest BCUT2D eigenvalue weighted by Gasteiger charge is 2.18. The second-order valence-electron chi connectivity index (χ2n) is 4.17. The van der Waals surface area contributed by atoms with E-state index in [9.17, 15) is 4.79 Å². The third-order valence-electron chi connectivity index (χ3n) is 3.07. The maximum Gasteiger partial charge on any atom is 0.270 e. The molecule has 1 amide bonds. The van der Waals surface area contributed by atoms with Gasteiger partial charge in [-0.2, -0.15) is 0 Å². The summed E-state index contributed by atoms with van der Waals surface area (Å²) >= 11 is 1.43. The van der Waals surface area contributed by atoms with E-state index in [4.69, 9.17) is 5.73 Å². The lowest BCUT2D eigenvalue weighted by Gasteiger charge is -2.21. The molecule has 1 atom stereocenters. The van der Waals surface area contributed by atoms with E-state index in [2.05, 4.69) is 24.1 Å². The summed E-state index contributed by atoms with van der Waals surface area (Å²) < 4.78 is 0. The molecule has 0 aliphatic carbocycles. The van der Waals surface area contributed by atoms with Crippen LogP contribution in [0.3, 0.4) is 0 Å². The lowest BCUT2D eigenvalue weighted by Crippen LogP contribution is -2.37. The van der Waals surface area contributed by atoms with Gasteiger partial charge in [0.05, 0.1) is 0 Å². The summed E-state index contributed by atoms with van der Waals surface area (Å²) in [7, 11) is 0. The van der Waals surface area contributed by atoms with E-state index in [1.54, 1.807) is 5.38 Å². The second-order valence-corrected chi connectivity index (χ2v) is 5.11. The van der Waals surface area contributed by atoms with E-state index in [-0.39, 0.29) is 11.9 Å². The van der Waals surface area contributed by atoms with Gasteiger partial charge in [-0.15, -0.1) is 11.3 Å². The molecule has 1 aromatic heterocycles. The van der Waals surface area contributed by atoms with Crippen molar-refractivity contribution in [2.75, 3.05) is 0 Å². The van der Waals surface area contributed by atoms with E-state index >= 15 is 0 Å². The summed E-state index contributed by atoms with van der Waals surface area (Å²) in [5.74, 6) is 0.423. The maximum absolute atomic E-state index is 11.9. The Bertz CT molecular complexity index is 360. The minimum atomic E-state index is -0.0969. The number of hydrogen-bond acceptors (Lipinski definition) is 4. The fourth-order valence-electron chi connectivity index (χ4n) is 1.90. The van der Waals surface area contributed by atoms with Crippen molar-refractivity contribution in [3.8, 4) is 0 Å². The molecule has 3 N–H and O–H groups in total. The predicted molar refractivity (Wildman–Crippen MR) is 71.0 cm³/mol. The average molecular weight is 255 g/mol. The van der Waals surface area contributed by atoms with Gasteiger partial charge in [0.15, 0.2) is 0 Å². The number of nitrogens with zero attached hydrogens (tertiary/aromatic N) is 1. The maximum atomic E-state index is 11.9. The molecule has 0 aliphatic heterocycles. The van der Waals surface area contributed by atoms with Gasteiger partial charge >= 0.3 is 0 Å². The van der Waals surface area contributed by atoms with E-state index in [1.165, 1.54) is 11.3 Å². The summed E-state index contributed by atoms with van der Waals surface area (Å²) in [6.45, 7) is 6.73. The number of thiazole rings is 1. The molecule has 0 aliphatic rings. The van der Waals surface area contributed by atoms with Gasteiger partial charge < -0.3 is 11.1 Å². The SMILES string of the molecule is CCC(CC)C(C)NC(=O)c1csc(CN)n1. The molecule has 1 unspecified atom stereocenters. The Hall–Kier alpha value is -0.940. The molecule has 0 radical (unpaired) electrons. The topological polar surface area (TPSA) is 68.0 Å². The van der Waals surface area contributed by atoms with Crippen LogP contribution in [0.2, 0.25) is 0 Å². The van der Waals surface area contributed by atoms with Crippen molar-refractivity contribution in [2.45, 2.75) is 46.2 Å². The van der Waals surface area contributed by atoms with Crippen LogP contribution >= 0.6 is 11.3 Å². The summed E-state index contributed by atoms with van der Waals surface area (Å²) in [6, 6.07) is 0.181. The molecule has 4 nitrogen and oxygen atoms in total. The molecule has 1 aromatic rings. The van der Waals surface area contributed by atoms with E-state index in [1.807, 2.05) is 6.92 Å². The molecule has 17 heavy (non-hydrogen) atoms. The van der Waals surface area contributed by atoms with Gasteiger partial charge in [-0.25, -0.2) is 4.98 Å². The third-order valence-corrected chi connectivity index (χ3v) is 3.94. The van der Waals surface area contributed by atoms with Crippen LogP contribution in [0.1, 0.15) is 49.1 Å². The summed E-state index contributed by atoms with van der Waals surface area (Å²) in [6.07, 6.45) is 2.14. The minimum absolute atomic E-state index is 0.0969. The highest BCUT2D eigenvalue weighted by Crippen LogP contribution is 2.14. The van der Waals surface area contributed by atoms with Crippen molar-refractivity contribution in [1.82, 2.24) is 10.3 Å². The Morgan fingerprint density at radius 3 is 2.65 bits per heavy atom. The summed E-state index contributed by atoms with van der Waals surface area (Å²) in [5, 5.41) is 5.56. The molecule has 96 valence electrons. The smallest absolute Gasteiger partial charge is 0.270 e. The van der Waals surface area contributed by atoms with Crippen LogP contribution in [0.25, 0.3) is 0 Å². The zero-order valence-corrected chi connectivity index (χ0v) is 11.5. The Balaban J connectivity index is 2.59. The van der Waals surface area contributed by atoms with Crippen LogP contribution in [0.5, 0.6) is 0 Å². The molecule has 0 saturated carbocycles. The van der Waals surface area contributed by atoms with Gasteiger partial charge in [-0.05, 0) is 12.8 Å². The first kappa shape index (κ1) is 14.1. The Labute approximate surface area is 107 Å². The number of hydrogen-bond donors (Lipinski definition) is 2. The monoisotopic (exact) mass is 255 g/mol. The number of carbonyl (C=O) groups excluding carboxylic acids is 1. The Morgan fingerprint density at radius 1 is 1.53 bits per heavy atom. The Kier molecular flexibility index (Phi) is 5.58. The van der Waals surface area contributed by atoms with Crippen molar-refractivity contribution in [3.05, 3.63) is 16.1 Å². The molecule has 0 saturated heterocycles. The molecule has 0 aromatic carbocycles. The molecular weight excluding hydrogens is 234 g/mol. The summed E-state index contributed by atoms with van der Waals surface area (Å²) in [5.41, 5.74) is 5.95. The number of nitrogens with one attached hydrogen (secondary N) is 1. The van der Waals surface area contributed by atoms with Gasteiger partial charge in [-0.1, -0.05) is 26.7 Å². The molecule has 0 bridgehead atoms. The number of aromatic nitrogens is 1.